The van der Waals surface area contributed by atoms with Crippen molar-refractivity contribution in [2.45, 2.75) is 31.5 Å². The number of rotatable bonds is 3. The van der Waals surface area contributed by atoms with Crippen molar-refractivity contribution < 1.29 is 14.2 Å². The first kappa shape index (κ1) is 12.8. The average molecular weight is 263 g/mol. The summed E-state index contributed by atoms with van der Waals surface area (Å²) in [5, 5.41) is 3.38. The molecule has 1 N–H and O–H groups in total. The van der Waals surface area contributed by atoms with Crippen molar-refractivity contribution in [1.82, 2.24) is 5.32 Å². The van der Waals surface area contributed by atoms with Crippen molar-refractivity contribution in [2.75, 3.05) is 26.8 Å². The van der Waals surface area contributed by atoms with Gasteiger partial charge in [0, 0.05) is 32.1 Å². The first-order chi connectivity index (χ1) is 9.26. The third-order valence-corrected chi connectivity index (χ3v) is 4.01. The van der Waals surface area contributed by atoms with Gasteiger partial charge in [-0.2, -0.15) is 0 Å². The molecular weight excluding hydrogens is 242 g/mol. The van der Waals surface area contributed by atoms with Crippen LogP contribution in [0.1, 0.15) is 31.4 Å². The summed E-state index contributed by atoms with van der Waals surface area (Å²) in [4.78, 5) is 0. The van der Waals surface area contributed by atoms with Gasteiger partial charge >= 0.3 is 0 Å². The molecule has 1 fully saturated rings. The Kier molecular flexibility index (Phi) is 3.37. The fourth-order valence-electron chi connectivity index (χ4n) is 3.04. The molecule has 2 heterocycles. The molecule has 1 spiro atoms. The second kappa shape index (κ2) is 5.02. The van der Waals surface area contributed by atoms with Crippen molar-refractivity contribution in [3.05, 3.63) is 23.8 Å². The van der Waals surface area contributed by atoms with E-state index in [4.69, 9.17) is 14.2 Å². The molecule has 0 amide bonds. The first-order valence-electron chi connectivity index (χ1n) is 6.95. The van der Waals surface area contributed by atoms with Crippen LogP contribution in [-0.2, 0) is 4.74 Å². The monoisotopic (exact) mass is 263 g/mol. The third kappa shape index (κ3) is 2.30. The second-order valence-corrected chi connectivity index (χ2v) is 5.27. The summed E-state index contributed by atoms with van der Waals surface area (Å²) in [7, 11) is 1.77. The fourth-order valence-corrected chi connectivity index (χ4v) is 3.04. The summed E-state index contributed by atoms with van der Waals surface area (Å²) in [6.45, 7) is 4.58. The molecule has 2 atom stereocenters. The van der Waals surface area contributed by atoms with E-state index in [0.717, 1.165) is 43.0 Å². The number of fused-ring (bicyclic) bond motifs is 1. The molecule has 4 heteroatoms. The number of ether oxygens (including phenoxy) is 3. The van der Waals surface area contributed by atoms with Gasteiger partial charge in [0.2, 0.25) is 0 Å². The molecule has 0 aliphatic carbocycles. The Morgan fingerprint density at radius 3 is 3.05 bits per heavy atom. The lowest BCUT2D eigenvalue weighted by Crippen LogP contribution is -2.43. The van der Waals surface area contributed by atoms with Crippen LogP contribution in [0.4, 0.5) is 0 Å². The van der Waals surface area contributed by atoms with Crippen molar-refractivity contribution in [3.8, 4) is 11.5 Å². The summed E-state index contributed by atoms with van der Waals surface area (Å²) < 4.78 is 17.5. The molecule has 1 aromatic carbocycles. The van der Waals surface area contributed by atoms with Crippen LogP contribution in [0.15, 0.2) is 18.2 Å². The zero-order valence-electron chi connectivity index (χ0n) is 11.6. The smallest absolute Gasteiger partial charge is 0.126 e. The number of hydrogen-bond donors (Lipinski definition) is 1. The Morgan fingerprint density at radius 1 is 1.47 bits per heavy atom. The normalized spacial score (nSPS) is 29.1. The molecule has 2 aliphatic rings. The van der Waals surface area contributed by atoms with Gasteiger partial charge < -0.3 is 19.5 Å². The lowest BCUT2D eigenvalue weighted by molar-refractivity contribution is -0.0204. The SMILES string of the molecule is CCOc1ccc2c(c1)C(OC)CC1(CCNC1)O2. The van der Waals surface area contributed by atoms with Gasteiger partial charge in [0.1, 0.15) is 17.1 Å². The van der Waals surface area contributed by atoms with Gasteiger partial charge in [0.15, 0.2) is 0 Å². The van der Waals surface area contributed by atoms with Gasteiger partial charge in [0.05, 0.1) is 12.7 Å². The van der Waals surface area contributed by atoms with E-state index in [1.165, 1.54) is 0 Å². The third-order valence-electron chi connectivity index (χ3n) is 4.01. The molecule has 19 heavy (non-hydrogen) atoms. The maximum atomic E-state index is 6.25. The lowest BCUT2D eigenvalue weighted by Gasteiger charge is -2.39. The Labute approximate surface area is 114 Å². The van der Waals surface area contributed by atoms with Crippen LogP contribution >= 0.6 is 0 Å². The summed E-state index contributed by atoms with van der Waals surface area (Å²) >= 11 is 0. The highest BCUT2D eigenvalue weighted by Gasteiger charge is 2.43. The minimum absolute atomic E-state index is 0.0871. The Bertz CT molecular complexity index is 455. The van der Waals surface area contributed by atoms with Gasteiger partial charge in [0.25, 0.3) is 0 Å². The highest BCUT2D eigenvalue weighted by molar-refractivity contribution is 5.44. The number of methoxy groups -OCH3 is 1. The van der Waals surface area contributed by atoms with E-state index < -0.39 is 0 Å². The minimum atomic E-state index is -0.0964. The average Bonchev–Trinajstić information content (AvgIpc) is 2.87. The minimum Gasteiger partial charge on any atom is -0.494 e. The van der Waals surface area contributed by atoms with E-state index in [1.54, 1.807) is 7.11 Å². The van der Waals surface area contributed by atoms with E-state index in [0.29, 0.717) is 6.61 Å². The van der Waals surface area contributed by atoms with Crippen LogP contribution in [0.2, 0.25) is 0 Å². The molecule has 2 unspecified atom stereocenters. The predicted molar refractivity (Wildman–Crippen MR) is 72.8 cm³/mol. The largest absolute Gasteiger partial charge is 0.494 e. The maximum Gasteiger partial charge on any atom is 0.126 e. The van der Waals surface area contributed by atoms with Gasteiger partial charge in [-0.25, -0.2) is 0 Å². The highest BCUT2D eigenvalue weighted by atomic mass is 16.5. The lowest BCUT2D eigenvalue weighted by atomic mass is 9.88. The molecule has 0 aromatic heterocycles. The van der Waals surface area contributed by atoms with Crippen LogP contribution < -0.4 is 14.8 Å². The number of hydrogen-bond acceptors (Lipinski definition) is 4. The molecule has 0 radical (unpaired) electrons. The standard InChI is InChI=1S/C15H21NO3/c1-3-18-11-4-5-13-12(8-11)14(17-2)9-15(19-13)6-7-16-10-15/h4-5,8,14,16H,3,6-7,9-10H2,1-2H3. The number of nitrogens with one attached hydrogen (secondary N) is 1. The second-order valence-electron chi connectivity index (χ2n) is 5.27. The van der Waals surface area contributed by atoms with Crippen molar-refractivity contribution >= 4 is 0 Å². The van der Waals surface area contributed by atoms with E-state index >= 15 is 0 Å². The molecule has 4 nitrogen and oxygen atoms in total. The van der Waals surface area contributed by atoms with Crippen LogP contribution in [0.25, 0.3) is 0 Å². The molecule has 3 rings (SSSR count). The fraction of sp³-hybridized carbons (Fsp3) is 0.600. The maximum absolute atomic E-state index is 6.25. The number of benzene rings is 1. The summed E-state index contributed by atoms with van der Waals surface area (Å²) in [6, 6.07) is 6.02. The zero-order chi connectivity index (χ0) is 13.3. The van der Waals surface area contributed by atoms with Gasteiger partial charge in [-0.15, -0.1) is 0 Å². The molecule has 1 saturated heterocycles. The molecule has 0 bridgehead atoms. The van der Waals surface area contributed by atoms with E-state index in [1.807, 2.05) is 25.1 Å². The Balaban J connectivity index is 1.93. The Morgan fingerprint density at radius 2 is 2.37 bits per heavy atom. The van der Waals surface area contributed by atoms with Gasteiger partial charge in [-0.1, -0.05) is 0 Å². The van der Waals surface area contributed by atoms with E-state index in [2.05, 4.69) is 5.32 Å². The molecule has 1 aromatic rings. The van der Waals surface area contributed by atoms with Crippen molar-refractivity contribution in [2.24, 2.45) is 0 Å². The van der Waals surface area contributed by atoms with Crippen molar-refractivity contribution in [3.63, 3.8) is 0 Å². The predicted octanol–water partition coefficient (Wildman–Crippen LogP) is 2.29. The molecule has 2 aliphatic heterocycles. The molecule has 104 valence electrons. The van der Waals surface area contributed by atoms with Crippen LogP contribution in [0.3, 0.4) is 0 Å². The van der Waals surface area contributed by atoms with Crippen LogP contribution in [0.5, 0.6) is 11.5 Å². The summed E-state index contributed by atoms with van der Waals surface area (Å²) in [5.41, 5.74) is 1.01. The quantitative estimate of drug-likeness (QED) is 0.908. The topological polar surface area (TPSA) is 39.7 Å². The first-order valence-corrected chi connectivity index (χ1v) is 6.95. The Hall–Kier alpha value is -1.26. The highest BCUT2D eigenvalue weighted by Crippen LogP contribution is 2.44. The summed E-state index contributed by atoms with van der Waals surface area (Å²) in [6.07, 6.45) is 2.03. The zero-order valence-corrected chi connectivity index (χ0v) is 11.6. The van der Waals surface area contributed by atoms with E-state index in [9.17, 15) is 0 Å². The van der Waals surface area contributed by atoms with Crippen LogP contribution in [-0.4, -0.2) is 32.4 Å². The molecule has 0 saturated carbocycles. The van der Waals surface area contributed by atoms with Crippen molar-refractivity contribution in [1.29, 1.82) is 0 Å². The van der Waals surface area contributed by atoms with Gasteiger partial charge in [-0.05, 0) is 31.7 Å². The van der Waals surface area contributed by atoms with Gasteiger partial charge in [-0.3, -0.25) is 0 Å². The molecular formula is C15H21NO3. The van der Waals surface area contributed by atoms with Crippen LogP contribution in [0, 0.1) is 0 Å². The summed E-state index contributed by atoms with van der Waals surface area (Å²) in [5.74, 6) is 1.82. The van der Waals surface area contributed by atoms with E-state index in [-0.39, 0.29) is 11.7 Å².